The lowest BCUT2D eigenvalue weighted by Crippen LogP contribution is -2.21. The molecule has 0 aliphatic rings. The first-order valence-electron chi connectivity index (χ1n) is 5.71. The number of nitrogens with one attached hydrogen (secondary N) is 1. The van der Waals surface area contributed by atoms with Crippen LogP contribution in [0.25, 0.3) is 0 Å². The highest BCUT2D eigenvalue weighted by atomic mass is 32.1. The molecule has 0 aliphatic carbocycles. The molecule has 0 radical (unpaired) electrons. The van der Waals surface area contributed by atoms with Gasteiger partial charge in [0.05, 0.1) is 0 Å². The van der Waals surface area contributed by atoms with E-state index in [0.29, 0.717) is 0 Å². The van der Waals surface area contributed by atoms with E-state index in [1.165, 1.54) is 10.9 Å². The third kappa shape index (κ3) is 3.14. The van der Waals surface area contributed by atoms with Crippen molar-refractivity contribution >= 4 is 11.3 Å². The Hall–Kier alpha value is -1.19. The first-order chi connectivity index (χ1) is 8.16. The number of thiophene rings is 1. The maximum absolute atomic E-state index is 13.1. The maximum atomic E-state index is 13.1. The minimum Gasteiger partial charge on any atom is -0.303 e. The molecule has 1 aromatic carbocycles. The van der Waals surface area contributed by atoms with E-state index in [9.17, 15) is 4.39 Å². The highest BCUT2D eigenvalue weighted by molar-refractivity contribution is 7.10. The van der Waals surface area contributed by atoms with Crippen LogP contribution in [0.1, 0.15) is 36.4 Å². The van der Waals surface area contributed by atoms with Crippen LogP contribution in [0.15, 0.2) is 41.8 Å². The van der Waals surface area contributed by atoms with Crippen LogP contribution in [0.5, 0.6) is 0 Å². The van der Waals surface area contributed by atoms with Crippen molar-refractivity contribution in [2.75, 3.05) is 0 Å². The van der Waals surface area contributed by atoms with Crippen molar-refractivity contribution < 1.29 is 4.39 Å². The van der Waals surface area contributed by atoms with Crippen LogP contribution < -0.4 is 5.32 Å². The van der Waals surface area contributed by atoms with Gasteiger partial charge >= 0.3 is 0 Å². The summed E-state index contributed by atoms with van der Waals surface area (Å²) in [5.74, 6) is -0.181. The van der Waals surface area contributed by atoms with Crippen molar-refractivity contribution in [2.45, 2.75) is 25.9 Å². The van der Waals surface area contributed by atoms with E-state index < -0.39 is 0 Å². The van der Waals surface area contributed by atoms with Crippen LogP contribution in [0, 0.1) is 5.82 Å². The molecule has 0 spiro atoms. The van der Waals surface area contributed by atoms with Gasteiger partial charge in [0.1, 0.15) is 5.82 Å². The second-order valence-electron chi connectivity index (χ2n) is 4.18. The fourth-order valence-corrected chi connectivity index (χ4v) is 2.61. The number of halogens is 1. The number of benzene rings is 1. The number of hydrogen-bond donors (Lipinski definition) is 1. The molecule has 0 saturated heterocycles. The summed E-state index contributed by atoms with van der Waals surface area (Å²) in [6.45, 7) is 4.18. The van der Waals surface area contributed by atoms with Gasteiger partial charge in [-0.05, 0) is 43.0 Å². The molecule has 0 amide bonds. The van der Waals surface area contributed by atoms with Crippen molar-refractivity contribution in [3.63, 3.8) is 0 Å². The van der Waals surface area contributed by atoms with Crippen LogP contribution in [-0.4, -0.2) is 0 Å². The lowest BCUT2D eigenvalue weighted by atomic mass is 10.1. The van der Waals surface area contributed by atoms with Crippen molar-refractivity contribution in [1.82, 2.24) is 5.32 Å². The molecule has 2 atom stereocenters. The monoisotopic (exact) mass is 249 g/mol. The number of rotatable bonds is 4. The van der Waals surface area contributed by atoms with Gasteiger partial charge in [-0.1, -0.05) is 18.2 Å². The second-order valence-corrected chi connectivity index (χ2v) is 5.16. The van der Waals surface area contributed by atoms with Gasteiger partial charge < -0.3 is 5.32 Å². The molecule has 0 aliphatic heterocycles. The molecule has 1 heterocycles. The zero-order valence-corrected chi connectivity index (χ0v) is 10.8. The molecule has 0 saturated carbocycles. The van der Waals surface area contributed by atoms with E-state index in [2.05, 4.69) is 30.6 Å². The predicted octanol–water partition coefficient (Wildman–Crippen LogP) is 4.30. The van der Waals surface area contributed by atoms with Gasteiger partial charge in [0.15, 0.2) is 0 Å². The van der Waals surface area contributed by atoms with E-state index in [0.717, 1.165) is 5.56 Å². The third-order valence-electron chi connectivity index (χ3n) is 2.82. The SMILES string of the molecule is CC(N[C@H](C)c1cccs1)c1cccc(F)c1. The van der Waals surface area contributed by atoms with E-state index in [4.69, 9.17) is 0 Å². The second kappa shape index (κ2) is 5.43. The number of hydrogen-bond acceptors (Lipinski definition) is 2. The first-order valence-corrected chi connectivity index (χ1v) is 6.59. The summed E-state index contributed by atoms with van der Waals surface area (Å²) in [4.78, 5) is 1.30. The van der Waals surface area contributed by atoms with Gasteiger partial charge in [0.2, 0.25) is 0 Å². The summed E-state index contributed by atoms with van der Waals surface area (Å²) in [5.41, 5.74) is 0.980. The van der Waals surface area contributed by atoms with Crippen LogP contribution >= 0.6 is 11.3 Å². The van der Waals surface area contributed by atoms with E-state index in [-0.39, 0.29) is 17.9 Å². The normalized spacial score (nSPS) is 14.5. The lowest BCUT2D eigenvalue weighted by Gasteiger charge is -2.19. The Morgan fingerprint density at radius 1 is 1.12 bits per heavy atom. The van der Waals surface area contributed by atoms with Crippen molar-refractivity contribution in [1.29, 1.82) is 0 Å². The fourth-order valence-electron chi connectivity index (χ4n) is 1.87. The molecule has 90 valence electrons. The van der Waals surface area contributed by atoms with Crippen LogP contribution in [-0.2, 0) is 0 Å². The molecule has 2 rings (SSSR count). The minimum absolute atomic E-state index is 0.141. The molecular formula is C14H16FNS. The zero-order chi connectivity index (χ0) is 12.3. The van der Waals surface area contributed by atoms with Gasteiger partial charge in [-0.2, -0.15) is 0 Å². The largest absolute Gasteiger partial charge is 0.303 e. The van der Waals surface area contributed by atoms with E-state index in [1.807, 2.05) is 12.1 Å². The summed E-state index contributed by atoms with van der Waals surface area (Å²) in [7, 11) is 0. The van der Waals surface area contributed by atoms with E-state index >= 15 is 0 Å². The Morgan fingerprint density at radius 2 is 1.94 bits per heavy atom. The Balaban J connectivity index is 2.04. The molecular weight excluding hydrogens is 233 g/mol. The Labute approximate surface area is 105 Å². The quantitative estimate of drug-likeness (QED) is 0.852. The Kier molecular flexibility index (Phi) is 3.92. The van der Waals surface area contributed by atoms with Crippen LogP contribution in [0.4, 0.5) is 4.39 Å². The predicted molar refractivity (Wildman–Crippen MR) is 70.7 cm³/mol. The van der Waals surface area contributed by atoms with Gasteiger partial charge in [-0.25, -0.2) is 4.39 Å². The fraction of sp³-hybridized carbons (Fsp3) is 0.286. The molecule has 3 heteroatoms. The molecule has 2 aromatic rings. The summed E-state index contributed by atoms with van der Waals surface area (Å²) in [5, 5.41) is 5.54. The highest BCUT2D eigenvalue weighted by Crippen LogP contribution is 2.22. The van der Waals surface area contributed by atoms with Crippen LogP contribution in [0.3, 0.4) is 0 Å². The molecule has 0 bridgehead atoms. The maximum Gasteiger partial charge on any atom is 0.123 e. The Morgan fingerprint density at radius 3 is 2.59 bits per heavy atom. The lowest BCUT2D eigenvalue weighted by molar-refractivity contribution is 0.497. The summed E-state index contributed by atoms with van der Waals surface area (Å²) < 4.78 is 13.1. The molecule has 1 N–H and O–H groups in total. The summed E-state index contributed by atoms with van der Waals surface area (Å²) in [6.07, 6.45) is 0. The van der Waals surface area contributed by atoms with Crippen LogP contribution in [0.2, 0.25) is 0 Å². The topological polar surface area (TPSA) is 12.0 Å². The highest BCUT2D eigenvalue weighted by Gasteiger charge is 2.11. The van der Waals surface area contributed by atoms with Crippen molar-refractivity contribution in [3.05, 3.63) is 58.0 Å². The molecule has 1 aromatic heterocycles. The van der Waals surface area contributed by atoms with Gasteiger partial charge in [-0.3, -0.25) is 0 Å². The molecule has 1 nitrogen and oxygen atoms in total. The minimum atomic E-state index is -0.181. The Bertz CT molecular complexity index is 467. The van der Waals surface area contributed by atoms with Crippen molar-refractivity contribution in [3.8, 4) is 0 Å². The summed E-state index contributed by atoms with van der Waals surface area (Å²) in [6, 6.07) is 11.3. The molecule has 0 fully saturated rings. The average Bonchev–Trinajstić information content (AvgIpc) is 2.82. The average molecular weight is 249 g/mol. The smallest absolute Gasteiger partial charge is 0.123 e. The molecule has 1 unspecified atom stereocenters. The first kappa shape index (κ1) is 12.3. The van der Waals surface area contributed by atoms with E-state index in [1.54, 1.807) is 23.5 Å². The standard InChI is InChI=1S/C14H16FNS/c1-10(12-5-3-6-13(15)9-12)16-11(2)14-7-4-8-17-14/h3-11,16H,1-2H3/t10?,11-/m1/s1. The van der Waals surface area contributed by atoms with Gasteiger partial charge in [0.25, 0.3) is 0 Å². The zero-order valence-electron chi connectivity index (χ0n) is 9.98. The van der Waals surface area contributed by atoms with Gasteiger partial charge in [0, 0.05) is 17.0 Å². The summed E-state index contributed by atoms with van der Waals surface area (Å²) >= 11 is 1.73. The molecule has 17 heavy (non-hydrogen) atoms. The van der Waals surface area contributed by atoms with Gasteiger partial charge in [-0.15, -0.1) is 11.3 Å². The van der Waals surface area contributed by atoms with Crippen molar-refractivity contribution in [2.24, 2.45) is 0 Å². The third-order valence-corrected chi connectivity index (χ3v) is 3.87.